The zero-order chi connectivity index (χ0) is 12.5. The number of aromatic nitrogens is 3. The van der Waals surface area contributed by atoms with Crippen LogP contribution in [0.4, 0.5) is 0 Å². The average Bonchev–Trinajstić information content (AvgIpc) is 2.83. The third kappa shape index (κ3) is 1.85. The number of hydrogen-bond acceptors (Lipinski definition) is 2. The minimum atomic E-state index is 0.0141. The van der Waals surface area contributed by atoms with Crippen LogP contribution in [-0.2, 0) is 6.42 Å². The van der Waals surface area contributed by atoms with E-state index >= 15 is 0 Å². The predicted molar refractivity (Wildman–Crippen MR) is 71.0 cm³/mol. The zero-order valence-electron chi connectivity index (χ0n) is 10.8. The van der Waals surface area contributed by atoms with Crippen molar-refractivity contribution in [3.8, 4) is 0 Å². The fourth-order valence-corrected chi connectivity index (χ4v) is 2.91. The van der Waals surface area contributed by atoms with Crippen LogP contribution >= 0.6 is 0 Å². The van der Waals surface area contributed by atoms with Gasteiger partial charge in [-0.05, 0) is 19.3 Å². The smallest absolute Gasteiger partial charge is 0.272 e. The predicted octanol–water partition coefficient (Wildman–Crippen LogP) is 2.63. The Bertz CT molecular complexity index is 605. The molecule has 4 nitrogen and oxygen atoms in total. The Kier molecular flexibility index (Phi) is 2.94. The van der Waals surface area contributed by atoms with Crippen molar-refractivity contribution in [1.29, 1.82) is 0 Å². The van der Waals surface area contributed by atoms with E-state index in [1.165, 1.54) is 32.1 Å². The largest absolute Gasteiger partial charge is 0.297 e. The van der Waals surface area contributed by atoms with Gasteiger partial charge in [-0.25, -0.2) is 9.50 Å². The average molecular weight is 245 g/mol. The number of aryl methyl sites for hydroxylation is 1. The Morgan fingerprint density at radius 1 is 1.39 bits per heavy atom. The van der Waals surface area contributed by atoms with E-state index in [1.807, 2.05) is 6.20 Å². The molecule has 0 atom stereocenters. The highest BCUT2D eigenvalue weighted by Crippen LogP contribution is 2.31. The third-order valence-corrected chi connectivity index (χ3v) is 4.00. The lowest BCUT2D eigenvalue weighted by Gasteiger charge is -2.20. The van der Waals surface area contributed by atoms with Crippen LogP contribution in [0.1, 0.15) is 56.2 Å². The molecule has 1 aliphatic carbocycles. The maximum absolute atomic E-state index is 12.1. The number of aromatic amines is 1. The van der Waals surface area contributed by atoms with Crippen LogP contribution in [0.15, 0.2) is 17.1 Å². The molecule has 2 aromatic heterocycles. The maximum atomic E-state index is 12.1. The number of nitrogens with one attached hydrogen (secondary N) is 1. The highest BCUT2D eigenvalue weighted by Gasteiger charge is 2.19. The highest BCUT2D eigenvalue weighted by molar-refractivity contribution is 5.46. The summed E-state index contributed by atoms with van der Waals surface area (Å²) in [6, 6.07) is 1.71. The minimum Gasteiger partial charge on any atom is -0.297 e. The summed E-state index contributed by atoms with van der Waals surface area (Å²) in [5, 5.41) is 2.98. The van der Waals surface area contributed by atoms with Crippen molar-refractivity contribution < 1.29 is 0 Å². The van der Waals surface area contributed by atoms with Crippen LogP contribution in [0.5, 0.6) is 0 Å². The van der Waals surface area contributed by atoms with Crippen molar-refractivity contribution in [3.63, 3.8) is 0 Å². The topological polar surface area (TPSA) is 50.2 Å². The van der Waals surface area contributed by atoms with Crippen LogP contribution in [0.25, 0.3) is 5.65 Å². The molecule has 1 aliphatic rings. The van der Waals surface area contributed by atoms with Crippen molar-refractivity contribution in [3.05, 3.63) is 33.9 Å². The molecule has 0 radical (unpaired) electrons. The van der Waals surface area contributed by atoms with E-state index in [0.29, 0.717) is 5.92 Å². The second kappa shape index (κ2) is 4.59. The maximum Gasteiger partial charge on any atom is 0.272 e. The number of fused-ring (bicyclic) bond motifs is 1. The van der Waals surface area contributed by atoms with Gasteiger partial charge in [0.2, 0.25) is 0 Å². The van der Waals surface area contributed by atoms with Crippen LogP contribution in [0.2, 0.25) is 0 Å². The van der Waals surface area contributed by atoms with Gasteiger partial charge in [-0.15, -0.1) is 0 Å². The van der Waals surface area contributed by atoms with Crippen LogP contribution in [-0.4, -0.2) is 14.6 Å². The van der Waals surface area contributed by atoms with Crippen LogP contribution in [0, 0.1) is 0 Å². The number of nitrogens with zero attached hydrogens (tertiary/aromatic N) is 2. The first-order chi connectivity index (χ1) is 8.79. The van der Waals surface area contributed by atoms with Crippen molar-refractivity contribution in [1.82, 2.24) is 14.6 Å². The first-order valence-corrected chi connectivity index (χ1v) is 6.89. The molecule has 2 aromatic rings. The van der Waals surface area contributed by atoms with Crippen molar-refractivity contribution in [2.75, 3.05) is 0 Å². The van der Waals surface area contributed by atoms with E-state index in [0.717, 1.165) is 23.3 Å². The first kappa shape index (κ1) is 11.5. The molecule has 1 N–H and O–H groups in total. The summed E-state index contributed by atoms with van der Waals surface area (Å²) >= 11 is 0. The van der Waals surface area contributed by atoms with Gasteiger partial charge in [0.1, 0.15) is 0 Å². The quantitative estimate of drug-likeness (QED) is 0.884. The van der Waals surface area contributed by atoms with E-state index in [1.54, 1.807) is 10.6 Å². The molecular formula is C14H19N3O. The summed E-state index contributed by atoms with van der Waals surface area (Å²) in [5.41, 5.74) is 2.93. The Hall–Kier alpha value is -1.58. The fraction of sp³-hybridized carbons (Fsp3) is 0.571. The molecule has 0 aromatic carbocycles. The van der Waals surface area contributed by atoms with E-state index < -0.39 is 0 Å². The molecule has 0 saturated heterocycles. The molecule has 4 heteroatoms. The molecule has 1 fully saturated rings. The Labute approximate surface area is 106 Å². The van der Waals surface area contributed by atoms with Gasteiger partial charge in [-0.3, -0.25) is 9.89 Å². The Morgan fingerprint density at radius 2 is 2.17 bits per heavy atom. The minimum absolute atomic E-state index is 0.0141. The molecule has 0 amide bonds. The van der Waals surface area contributed by atoms with E-state index in [9.17, 15) is 4.79 Å². The molecule has 18 heavy (non-hydrogen) atoms. The third-order valence-electron chi connectivity index (χ3n) is 4.00. The standard InChI is InChI=1S/C14H19N3O/c1-2-10-9-15-17-13(18)8-12(16-14(10)17)11-6-4-3-5-7-11/h8-9,11,15H,2-7H2,1H3. The van der Waals surface area contributed by atoms with E-state index in [-0.39, 0.29) is 5.56 Å². The highest BCUT2D eigenvalue weighted by atomic mass is 16.1. The normalized spacial score (nSPS) is 17.4. The van der Waals surface area contributed by atoms with Gasteiger partial charge < -0.3 is 0 Å². The Balaban J connectivity index is 2.09. The Morgan fingerprint density at radius 3 is 2.89 bits per heavy atom. The molecule has 96 valence electrons. The summed E-state index contributed by atoms with van der Waals surface area (Å²) in [6.45, 7) is 2.09. The number of rotatable bonds is 2. The van der Waals surface area contributed by atoms with Gasteiger partial charge in [0, 0.05) is 23.7 Å². The van der Waals surface area contributed by atoms with Gasteiger partial charge >= 0.3 is 0 Å². The lowest BCUT2D eigenvalue weighted by Crippen LogP contribution is -2.18. The lowest BCUT2D eigenvalue weighted by molar-refractivity contribution is 0.436. The van der Waals surface area contributed by atoms with E-state index in [2.05, 4.69) is 12.0 Å². The summed E-state index contributed by atoms with van der Waals surface area (Å²) in [4.78, 5) is 16.8. The molecule has 1 saturated carbocycles. The summed E-state index contributed by atoms with van der Waals surface area (Å²) in [5.74, 6) is 0.482. The molecule has 3 rings (SSSR count). The van der Waals surface area contributed by atoms with Gasteiger partial charge in [0.15, 0.2) is 5.65 Å². The number of H-pyrrole nitrogens is 1. The SMILES string of the molecule is CCc1c[nH]n2c(=O)cc(C3CCCCC3)nc12. The van der Waals surface area contributed by atoms with Crippen molar-refractivity contribution in [2.24, 2.45) is 0 Å². The van der Waals surface area contributed by atoms with Crippen LogP contribution < -0.4 is 5.56 Å². The van der Waals surface area contributed by atoms with Gasteiger partial charge in [-0.2, -0.15) is 0 Å². The van der Waals surface area contributed by atoms with Crippen LogP contribution in [0.3, 0.4) is 0 Å². The second-order valence-electron chi connectivity index (χ2n) is 5.17. The molecule has 2 heterocycles. The lowest BCUT2D eigenvalue weighted by atomic mass is 9.87. The van der Waals surface area contributed by atoms with E-state index in [4.69, 9.17) is 4.98 Å². The summed E-state index contributed by atoms with van der Waals surface area (Å²) in [7, 11) is 0. The van der Waals surface area contributed by atoms with Gasteiger partial charge in [0.05, 0.1) is 5.69 Å². The fourth-order valence-electron chi connectivity index (χ4n) is 2.91. The monoisotopic (exact) mass is 245 g/mol. The zero-order valence-corrected chi connectivity index (χ0v) is 10.8. The number of hydrogen-bond donors (Lipinski definition) is 1. The molecule has 0 aliphatic heterocycles. The first-order valence-electron chi connectivity index (χ1n) is 6.89. The summed E-state index contributed by atoms with van der Waals surface area (Å²) in [6.07, 6.45) is 8.98. The van der Waals surface area contributed by atoms with Crippen molar-refractivity contribution in [2.45, 2.75) is 51.4 Å². The molecule has 0 bridgehead atoms. The molecular weight excluding hydrogens is 226 g/mol. The molecule has 0 spiro atoms. The summed E-state index contributed by atoms with van der Waals surface area (Å²) < 4.78 is 1.55. The van der Waals surface area contributed by atoms with Crippen molar-refractivity contribution >= 4 is 5.65 Å². The molecule has 0 unspecified atom stereocenters. The van der Waals surface area contributed by atoms with Gasteiger partial charge in [0.25, 0.3) is 5.56 Å². The second-order valence-corrected chi connectivity index (χ2v) is 5.17. The van der Waals surface area contributed by atoms with Gasteiger partial charge in [-0.1, -0.05) is 26.2 Å².